The molecule has 1 fully saturated rings. The Hall–Kier alpha value is -3.11. The Morgan fingerprint density at radius 1 is 1.22 bits per heavy atom. The highest BCUT2D eigenvalue weighted by molar-refractivity contribution is 5.76. The van der Waals surface area contributed by atoms with Gasteiger partial charge in [-0.1, -0.05) is 0 Å². The molecule has 11 heteroatoms. The maximum Gasteiger partial charge on any atom is 0.224 e. The average molecular weight is 370 g/mol. The van der Waals surface area contributed by atoms with E-state index in [1.165, 1.54) is 6.33 Å². The molecule has 3 aromatic heterocycles. The number of amides is 1. The second-order valence-electron chi connectivity index (χ2n) is 6.72. The molecule has 1 aliphatic heterocycles. The first-order valence-corrected chi connectivity index (χ1v) is 9.05. The maximum atomic E-state index is 12.4. The fourth-order valence-electron chi connectivity index (χ4n) is 3.45. The van der Waals surface area contributed by atoms with Crippen LogP contribution in [0.3, 0.4) is 0 Å². The Bertz CT molecular complexity index is 861. The molecule has 0 saturated carbocycles. The highest BCUT2D eigenvalue weighted by Crippen LogP contribution is 2.27. The molecule has 1 amide bonds. The van der Waals surface area contributed by atoms with Crippen molar-refractivity contribution in [3.8, 4) is 0 Å². The van der Waals surface area contributed by atoms with E-state index in [0.29, 0.717) is 25.4 Å². The van der Waals surface area contributed by atoms with Crippen molar-refractivity contribution in [1.29, 1.82) is 0 Å². The largest absolute Gasteiger partial charge is 0.343 e. The number of hydrogen-bond acceptors (Lipinski definition) is 7. The van der Waals surface area contributed by atoms with Gasteiger partial charge in [0, 0.05) is 44.9 Å². The molecule has 0 aromatic carbocycles. The first-order chi connectivity index (χ1) is 13.2. The third-order valence-corrected chi connectivity index (χ3v) is 5.02. The van der Waals surface area contributed by atoms with Crippen LogP contribution >= 0.6 is 0 Å². The molecule has 27 heavy (non-hydrogen) atoms. The minimum absolute atomic E-state index is 0.140. The summed E-state index contributed by atoms with van der Waals surface area (Å²) in [4.78, 5) is 14.3. The Morgan fingerprint density at radius 2 is 2.07 bits per heavy atom. The van der Waals surface area contributed by atoms with Gasteiger partial charge in [-0.15, -0.1) is 15.3 Å². The molecule has 142 valence electrons. The molecule has 0 aliphatic carbocycles. The first kappa shape index (κ1) is 17.3. The van der Waals surface area contributed by atoms with E-state index >= 15 is 0 Å². The molecular formula is C16H22N10O. The predicted molar refractivity (Wildman–Crippen MR) is 93.3 cm³/mol. The molecular weight excluding hydrogens is 348 g/mol. The molecule has 0 N–H and O–H groups in total. The first-order valence-electron chi connectivity index (χ1n) is 9.05. The van der Waals surface area contributed by atoms with E-state index in [1.807, 2.05) is 28.9 Å². The number of aromatic nitrogens is 9. The molecule has 1 saturated heterocycles. The zero-order valence-electron chi connectivity index (χ0n) is 15.2. The van der Waals surface area contributed by atoms with Crippen molar-refractivity contribution in [2.24, 2.45) is 7.05 Å². The van der Waals surface area contributed by atoms with Gasteiger partial charge in [-0.2, -0.15) is 5.10 Å². The number of aryl methyl sites for hydroxylation is 1. The monoisotopic (exact) mass is 370 g/mol. The molecule has 0 atom stereocenters. The van der Waals surface area contributed by atoms with E-state index in [4.69, 9.17) is 0 Å². The van der Waals surface area contributed by atoms with Crippen LogP contribution in [0.1, 0.15) is 36.8 Å². The minimum atomic E-state index is 0.140. The molecule has 0 unspecified atom stereocenters. The van der Waals surface area contributed by atoms with Gasteiger partial charge in [0.25, 0.3) is 0 Å². The number of carbonyl (C=O) groups is 1. The van der Waals surface area contributed by atoms with Gasteiger partial charge >= 0.3 is 0 Å². The Labute approximate surface area is 156 Å². The molecule has 4 heterocycles. The Morgan fingerprint density at radius 3 is 2.78 bits per heavy atom. The van der Waals surface area contributed by atoms with Crippen LogP contribution in [0.15, 0.2) is 24.8 Å². The SMILES string of the molecule is Cn1c(Cn2cccn2)nnc1C1CCN(C(=O)CCn2cnnn2)CC1. The topological polar surface area (TPSA) is 112 Å². The van der Waals surface area contributed by atoms with Crippen LogP contribution in [0.5, 0.6) is 0 Å². The van der Waals surface area contributed by atoms with Crippen LogP contribution in [0, 0.1) is 0 Å². The fourth-order valence-corrected chi connectivity index (χ4v) is 3.45. The lowest BCUT2D eigenvalue weighted by Crippen LogP contribution is -2.38. The van der Waals surface area contributed by atoms with E-state index in [-0.39, 0.29) is 5.91 Å². The van der Waals surface area contributed by atoms with Gasteiger partial charge in [0.05, 0.1) is 6.54 Å². The van der Waals surface area contributed by atoms with Crippen molar-refractivity contribution in [3.05, 3.63) is 36.4 Å². The normalized spacial score (nSPS) is 15.4. The number of hydrogen-bond donors (Lipinski definition) is 0. The van der Waals surface area contributed by atoms with E-state index in [2.05, 4.69) is 35.4 Å². The van der Waals surface area contributed by atoms with Crippen molar-refractivity contribution < 1.29 is 4.79 Å². The van der Waals surface area contributed by atoms with Gasteiger partial charge in [-0.25, -0.2) is 4.68 Å². The zero-order chi connectivity index (χ0) is 18.6. The Kier molecular flexibility index (Phi) is 4.90. The van der Waals surface area contributed by atoms with Gasteiger partial charge in [0.1, 0.15) is 18.7 Å². The van der Waals surface area contributed by atoms with Gasteiger partial charge < -0.3 is 9.47 Å². The summed E-state index contributed by atoms with van der Waals surface area (Å²) >= 11 is 0. The molecule has 0 radical (unpaired) electrons. The van der Waals surface area contributed by atoms with Gasteiger partial charge in [0.2, 0.25) is 5.91 Å². The summed E-state index contributed by atoms with van der Waals surface area (Å²) in [6, 6.07) is 1.89. The summed E-state index contributed by atoms with van der Waals surface area (Å²) in [6.07, 6.45) is 7.38. The van der Waals surface area contributed by atoms with Crippen LogP contribution in [-0.4, -0.2) is 68.6 Å². The second kappa shape index (κ2) is 7.64. The van der Waals surface area contributed by atoms with Gasteiger partial charge in [0.15, 0.2) is 5.82 Å². The van der Waals surface area contributed by atoms with Crippen molar-refractivity contribution in [1.82, 2.24) is 49.7 Å². The summed E-state index contributed by atoms with van der Waals surface area (Å²) in [7, 11) is 2.00. The lowest BCUT2D eigenvalue weighted by Gasteiger charge is -2.31. The smallest absolute Gasteiger partial charge is 0.224 e. The van der Waals surface area contributed by atoms with Crippen LogP contribution in [0.25, 0.3) is 0 Å². The quantitative estimate of drug-likeness (QED) is 0.593. The zero-order valence-corrected chi connectivity index (χ0v) is 15.2. The highest BCUT2D eigenvalue weighted by atomic mass is 16.2. The summed E-state index contributed by atoms with van der Waals surface area (Å²) < 4.78 is 5.46. The highest BCUT2D eigenvalue weighted by Gasteiger charge is 2.27. The second-order valence-corrected chi connectivity index (χ2v) is 6.72. The summed E-state index contributed by atoms with van der Waals surface area (Å²) in [5.41, 5.74) is 0. The third-order valence-electron chi connectivity index (χ3n) is 5.02. The number of nitrogens with zero attached hydrogens (tertiary/aromatic N) is 10. The van der Waals surface area contributed by atoms with Crippen LogP contribution < -0.4 is 0 Å². The van der Waals surface area contributed by atoms with E-state index in [1.54, 1.807) is 10.9 Å². The van der Waals surface area contributed by atoms with Crippen molar-refractivity contribution in [2.75, 3.05) is 13.1 Å². The van der Waals surface area contributed by atoms with Crippen molar-refractivity contribution >= 4 is 5.91 Å². The minimum Gasteiger partial charge on any atom is -0.343 e. The van der Waals surface area contributed by atoms with Gasteiger partial charge in [-0.05, 0) is 29.3 Å². The van der Waals surface area contributed by atoms with Gasteiger partial charge in [-0.3, -0.25) is 9.48 Å². The molecule has 4 rings (SSSR count). The number of likely N-dealkylation sites (tertiary alicyclic amines) is 1. The Balaban J connectivity index is 1.31. The van der Waals surface area contributed by atoms with Crippen molar-refractivity contribution in [3.63, 3.8) is 0 Å². The summed E-state index contributed by atoms with van der Waals surface area (Å²) in [5.74, 6) is 2.32. The van der Waals surface area contributed by atoms with Crippen LogP contribution in [0.4, 0.5) is 0 Å². The van der Waals surface area contributed by atoms with E-state index in [9.17, 15) is 4.79 Å². The summed E-state index contributed by atoms with van der Waals surface area (Å²) in [6.45, 7) is 2.58. The summed E-state index contributed by atoms with van der Waals surface area (Å²) in [5, 5.41) is 23.9. The molecule has 0 bridgehead atoms. The lowest BCUT2D eigenvalue weighted by molar-refractivity contribution is -0.132. The fraction of sp³-hybridized carbons (Fsp3) is 0.562. The van der Waals surface area contributed by atoms with E-state index in [0.717, 1.165) is 37.6 Å². The predicted octanol–water partition coefficient (Wildman–Crippen LogP) is -0.157. The molecule has 0 spiro atoms. The maximum absolute atomic E-state index is 12.4. The standard InChI is InChI=1S/C16H22N10O/c1-23-14(11-25-7-2-6-18-25)19-20-16(23)13-3-8-24(9-4-13)15(27)5-10-26-12-17-21-22-26/h2,6-7,12-13H,3-5,8-11H2,1H3. The van der Waals surface area contributed by atoms with Crippen LogP contribution in [-0.2, 0) is 24.9 Å². The number of piperidine rings is 1. The van der Waals surface area contributed by atoms with Crippen molar-refractivity contribution in [2.45, 2.75) is 38.3 Å². The number of rotatable bonds is 6. The molecule has 1 aliphatic rings. The van der Waals surface area contributed by atoms with Crippen LogP contribution in [0.2, 0.25) is 0 Å². The molecule has 11 nitrogen and oxygen atoms in total. The van der Waals surface area contributed by atoms with E-state index < -0.39 is 0 Å². The third kappa shape index (κ3) is 3.86. The lowest BCUT2D eigenvalue weighted by atomic mass is 9.95. The number of carbonyl (C=O) groups excluding carboxylic acids is 1. The average Bonchev–Trinajstić information content (AvgIpc) is 3.44. The molecule has 3 aromatic rings. The number of tetrazole rings is 1.